The zero-order valence-electron chi connectivity index (χ0n) is 11.3. The van der Waals surface area contributed by atoms with Crippen LogP contribution in [0.4, 0.5) is 0 Å². The van der Waals surface area contributed by atoms with Gasteiger partial charge in [0.15, 0.2) is 0 Å². The highest BCUT2D eigenvalue weighted by molar-refractivity contribution is 5.76. The summed E-state index contributed by atoms with van der Waals surface area (Å²) in [5.41, 5.74) is 9.74. The minimum Gasteiger partial charge on any atom is -0.369 e. The zero-order chi connectivity index (χ0) is 13.9. The van der Waals surface area contributed by atoms with E-state index in [1.807, 2.05) is 48.5 Å². The Kier molecular flexibility index (Phi) is 3.50. The van der Waals surface area contributed by atoms with Crippen LogP contribution in [0.2, 0.25) is 0 Å². The highest BCUT2D eigenvalue weighted by atomic mass is 16.5. The van der Waals surface area contributed by atoms with Crippen LogP contribution in [0.3, 0.4) is 0 Å². The van der Waals surface area contributed by atoms with Crippen molar-refractivity contribution in [3.05, 3.63) is 65.5 Å². The molecule has 0 aliphatic rings. The van der Waals surface area contributed by atoms with Gasteiger partial charge in [0.05, 0.1) is 11.0 Å². The molecule has 0 saturated heterocycles. The Labute approximate surface area is 117 Å². The second-order valence-electron chi connectivity index (χ2n) is 4.70. The van der Waals surface area contributed by atoms with E-state index in [1.54, 1.807) is 7.11 Å². The molecule has 3 aromatic rings. The fourth-order valence-corrected chi connectivity index (χ4v) is 2.36. The number of imidazole rings is 1. The maximum Gasteiger partial charge on any atom is 0.141 e. The maximum absolute atomic E-state index is 5.67. The second kappa shape index (κ2) is 5.45. The lowest BCUT2D eigenvalue weighted by molar-refractivity contribution is 0.130. The van der Waals surface area contributed by atoms with Crippen LogP contribution in [0.25, 0.3) is 11.0 Å². The van der Waals surface area contributed by atoms with Crippen LogP contribution in [0.1, 0.15) is 23.1 Å². The molecule has 3 rings (SSSR count). The Balaban J connectivity index is 2.04. The molecular weight excluding hydrogens is 250 g/mol. The Morgan fingerprint density at radius 1 is 1.20 bits per heavy atom. The van der Waals surface area contributed by atoms with Crippen LogP contribution >= 0.6 is 0 Å². The average Bonchev–Trinajstić information content (AvgIpc) is 2.91. The fraction of sp³-hybridized carbons (Fsp3) is 0.188. The summed E-state index contributed by atoms with van der Waals surface area (Å²) in [4.78, 5) is 7.94. The predicted molar refractivity (Wildman–Crippen MR) is 79.3 cm³/mol. The van der Waals surface area contributed by atoms with Gasteiger partial charge in [0, 0.05) is 13.7 Å². The molecule has 0 aliphatic carbocycles. The molecule has 1 unspecified atom stereocenters. The van der Waals surface area contributed by atoms with Gasteiger partial charge in [0.2, 0.25) is 0 Å². The summed E-state index contributed by atoms with van der Waals surface area (Å²) in [6.45, 7) is 0.524. The minimum absolute atomic E-state index is 0.190. The first kappa shape index (κ1) is 12.8. The number of nitrogens with zero attached hydrogens (tertiary/aromatic N) is 1. The summed E-state index contributed by atoms with van der Waals surface area (Å²) in [5, 5.41) is 0. The van der Waals surface area contributed by atoms with E-state index in [2.05, 4.69) is 9.97 Å². The van der Waals surface area contributed by atoms with Crippen molar-refractivity contribution in [2.24, 2.45) is 5.73 Å². The second-order valence-corrected chi connectivity index (χ2v) is 4.70. The van der Waals surface area contributed by atoms with Crippen LogP contribution in [-0.2, 0) is 11.3 Å². The Bertz CT molecular complexity index is 706. The van der Waals surface area contributed by atoms with Gasteiger partial charge in [0.1, 0.15) is 11.9 Å². The summed E-state index contributed by atoms with van der Waals surface area (Å²) in [6.07, 6.45) is -0.190. The number of hydrogen-bond acceptors (Lipinski definition) is 3. The van der Waals surface area contributed by atoms with Crippen LogP contribution in [0.5, 0.6) is 0 Å². The number of nitrogens with one attached hydrogen (secondary N) is 1. The number of methoxy groups -OCH3 is 1. The molecular formula is C16H17N3O. The Hall–Kier alpha value is -2.17. The molecule has 102 valence electrons. The van der Waals surface area contributed by atoms with Gasteiger partial charge >= 0.3 is 0 Å². The summed E-state index contributed by atoms with van der Waals surface area (Å²) in [6, 6.07) is 16.1. The van der Waals surface area contributed by atoms with Gasteiger partial charge < -0.3 is 15.5 Å². The molecule has 1 atom stereocenters. The highest BCUT2D eigenvalue weighted by Gasteiger charge is 2.17. The molecule has 0 radical (unpaired) electrons. The number of nitrogens with two attached hydrogens (primary N) is 1. The van der Waals surface area contributed by atoms with Crippen LogP contribution in [0.15, 0.2) is 48.5 Å². The molecule has 0 fully saturated rings. The normalized spacial score (nSPS) is 12.7. The van der Waals surface area contributed by atoms with Crippen molar-refractivity contribution >= 4 is 11.0 Å². The van der Waals surface area contributed by atoms with E-state index >= 15 is 0 Å². The summed E-state index contributed by atoms with van der Waals surface area (Å²) < 4.78 is 5.59. The smallest absolute Gasteiger partial charge is 0.141 e. The molecule has 0 bridgehead atoms. The van der Waals surface area contributed by atoms with E-state index in [0.29, 0.717) is 6.54 Å². The monoisotopic (exact) mass is 267 g/mol. The maximum atomic E-state index is 5.67. The van der Waals surface area contributed by atoms with Crippen molar-refractivity contribution in [1.82, 2.24) is 9.97 Å². The first-order valence-electron chi connectivity index (χ1n) is 6.58. The van der Waals surface area contributed by atoms with Crippen molar-refractivity contribution in [2.75, 3.05) is 7.11 Å². The number of hydrogen-bond donors (Lipinski definition) is 2. The standard InChI is InChI=1S/C16H17N3O/c1-20-15(12-5-3-2-4-6-12)16-18-13-8-7-11(10-17)9-14(13)19-16/h2-9,15H,10,17H2,1H3,(H,18,19). The third-order valence-corrected chi connectivity index (χ3v) is 3.39. The minimum atomic E-state index is -0.190. The molecule has 20 heavy (non-hydrogen) atoms. The highest BCUT2D eigenvalue weighted by Crippen LogP contribution is 2.25. The van der Waals surface area contributed by atoms with Crippen molar-refractivity contribution in [1.29, 1.82) is 0 Å². The first-order chi connectivity index (χ1) is 9.81. The molecule has 1 heterocycles. The lowest BCUT2D eigenvalue weighted by Gasteiger charge is -2.12. The van der Waals surface area contributed by atoms with Gasteiger partial charge in [-0.1, -0.05) is 36.4 Å². The number of aromatic amines is 1. The van der Waals surface area contributed by atoms with E-state index in [4.69, 9.17) is 10.5 Å². The molecule has 1 aromatic heterocycles. The Morgan fingerprint density at radius 2 is 2.00 bits per heavy atom. The average molecular weight is 267 g/mol. The van der Waals surface area contributed by atoms with Gasteiger partial charge in [-0.25, -0.2) is 4.98 Å². The zero-order valence-corrected chi connectivity index (χ0v) is 11.3. The third-order valence-electron chi connectivity index (χ3n) is 3.39. The predicted octanol–water partition coefficient (Wildman–Crippen LogP) is 2.76. The van der Waals surface area contributed by atoms with Crippen molar-refractivity contribution in [3.8, 4) is 0 Å². The van der Waals surface area contributed by atoms with Gasteiger partial charge in [0.25, 0.3) is 0 Å². The number of rotatable bonds is 4. The molecule has 4 nitrogen and oxygen atoms in total. The molecule has 0 spiro atoms. The van der Waals surface area contributed by atoms with Crippen LogP contribution in [-0.4, -0.2) is 17.1 Å². The van der Waals surface area contributed by atoms with Crippen LogP contribution < -0.4 is 5.73 Å². The summed E-state index contributed by atoms with van der Waals surface area (Å²) in [7, 11) is 1.69. The largest absolute Gasteiger partial charge is 0.369 e. The molecule has 0 amide bonds. The quantitative estimate of drug-likeness (QED) is 0.764. The SMILES string of the molecule is COC(c1ccccc1)c1nc2ccc(CN)cc2[nH]1. The van der Waals surface area contributed by atoms with E-state index in [1.165, 1.54) is 0 Å². The lowest BCUT2D eigenvalue weighted by Crippen LogP contribution is -2.05. The number of fused-ring (bicyclic) bond motifs is 1. The van der Waals surface area contributed by atoms with Crippen LogP contribution in [0, 0.1) is 0 Å². The van der Waals surface area contributed by atoms with Gasteiger partial charge in [-0.15, -0.1) is 0 Å². The van der Waals surface area contributed by atoms with Gasteiger partial charge in [-0.05, 0) is 23.3 Å². The van der Waals surface area contributed by atoms with Gasteiger partial charge in [-0.3, -0.25) is 0 Å². The van der Waals surface area contributed by atoms with E-state index in [9.17, 15) is 0 Å². The number of H-pyrrole nitrogens is 1. The lowest BCUT2D eigenvalue weighted by atomic mass is 10.1. The number of benzene rings is 2. The van der Waals surface area contributed by atoms with E-state index < -0.39 is 0 Å². The molecule has 3 N–H and O–H groups in total. The number of ether oxygens (including phenoxy) is 1. The molecule has 2 aromatic carbocycles. The van der Waals surface area contributed by atoms with Crippen molar-refractivity contribution in [2.45, 2.75) is 12.6 Å². The first-order valence-corrected chi connectivity index (χ1v) is 6.58. The molecule has 0 saturated carbocycles. The van der Waals surface area contributed by atoms with Gasteiger partial charge in [-0.2, -0.15) is 0 Å². The van der Waals surface area contributed by atoms with E-state index in [0.717, 1.165) is 28.0 Å². The van der Waals surface area contributed by atoms with Crippen molar-refractivity contribution in [3.63, 3.8) is 0 Å². The van der Waals surface area contributed by atoms with Crippen molar-refractivity contribution < 1.29 is 4.74 Å². The van der Waals surface area contributed by atoms with E-state index in [-0.39, 0.29) is 6.10 Å². The number of aromatic nitrogens is 2. The molecule has 0 aliphatic heterocycles. The summed E-state index contributed by atoms with van der Waals surface area (Å²) in [5.74, 6) is 0.808. The Morgan fingerprint density at radius 3 is 2.70 bits per heavy atom. The third kappa shape index (κ3) is 2.31. The fourth-order valence-electron chi connectivity index (χ4n) is 2.36. The molecule has 4 heteroatoms. The topological polar surface area (TPSA) is 63.9 Å². The summed E-state index contributed by atoms with van der Waals surface area (Å²) >= 11 is 0.